The molecule has 0 atom stereocenters. The Morgan fingerprint density at radius 3 is 2.14 bits per heavy atom. The summed E-state index contributed by atoms with van der Waals surface area (Å²) in [7, 11) is 0. The number of quaternary nitrogens is 1. The summed E-state index contributed by atoms with van der Waals surface area (Å²) in [5.41, 5.74) is 1.39. The van der Waals surface area contributed by atoms with Crippen molar-refractivity contribution in [2.24, 2.45) is 0 Å². The van der Waals surface area contributed by atoms with Crippen LogP contribution >= 0.6 is 0 Å². The number of para-hydroxylation sites is 1. The minimum atomic E-state index is 1.00. The second kappa shape index (κ2) is 4.97. The minimum absolute atomic E-state index is 1.00. The predicted molar refractivity (Wildman–Crippen MR) is 64.4 cm³/mol. The summed E-state index contributed by atoms with van der Waals surface area (Å²) in [4.78, 5) is 0. The van der Waals surface area contributed by atoms with Crippen LogP contribution in [-0.2, 0) is 0 Å². The van der Waals surface area contributed by atoms with Gasteiger partial charge in [0.15, 0.2) is 0 Å². The smallest absolute Gasteiger partial charge is 0.133 e. The molecular weight excluding hydrogens is 170 g/mol. The van der Waals surface area contributed by atoms with Gasteiger partial charge in [-0.2, -0.15) is 0 Å². The number of likely N-dealkylation sites (N-methyl/N-ethyl adjacent to an activating group) is 1. The second-order valence-electron chi connectivity index (χ2n) is 3.58. The van der Waals surface area contributed by atoms with Gasteiger partial charge in [0.05, 0.1) is 13.1 Å². The number of benzene rings is 1. The third-order valence-corrected chi connectivity index (χ3v) is 2.99. The number of hydrogen-bond acceptors (Lipinski definition) is 0. The molecule has 1 aromatic rings. The van der Waals surface area contributed by atoms with Crippen molar-refractivity contribution in [1.82, 2.24) is 4.48 Å². The van der Waals surface area contributed by atoms with Gasteiger partial charge in [0, 0.05) is 0 Å². The van der Waals surface area contributed by atoms with E-state index in [1.165, 1.54) is 5.69 Å². The van der Waals surface area contributed by atoms with Crippen LogP contribution in [0, 0.1) is 0 Å². The Morgan fingerprint density at radius 1 is 1.14 bits per heavy atom. The Bertz CT molecular complexity index is 273. The maximum atomic E-state index is 3.85. The fourth-order valence-electron chi connectivity index (χ4n) is 1.94. The van der Waals surface area contributed by atoms with Crippen LogP contribution in [0.25, 0.3) is 0 Å². The van der Waals surface area contributed by atoms with E-state index in [1.54, 1.807) is 0 Å². The lowest BCUT2D eigenvalue weighted by Gasteiger charge is -2.35. The average Bonchev–Trinajstić information content (AvgIpc) is 2.27. The van der Waals surface area contributed by atoms with Crippen molar-refractivity contribution in [1.29, 1.82) is 0 Å². The first-order valence-electron chi connectivity index (χ1n) is 5.31. The van der Waals surface area contributed by atoms with Crippen LogP contribution < -0.4 is 4.48 Å². The minimum Gasteiger partial charge on any atom is -0.288 e. The van der Waals surface area contributed by atoms with E-state index in [4.69, 9.17) is 0 Å². The van der Waals surface area contributed by atoms with E-state index < -0.39 is 0 Å². The van der Waals surface area contributed by atoms with Gasteiger partial charge in [-0.3, -0.25) is 4.48 Å². The molecule has 0 heterocycles. The Morgan fingerprint density at radius 2 is 1.71 bits per heavy atom. The van der Waals surface area contributed by atoms with Crippen LogP contribution in [0.4, 0.5) is 5.69 Å². The molecule has 0 unspecified atom stereocenters. The van der Waals surface area contributed by atoms with Gasteiger partial charge < -0.3 is 0 Å². The molecular formula is C13H20N+. The topological polar surface area (TPSA) is 0 Å². The molecule has 14 heavy (non-hydrogen) atoms. The molecule has 0 spiro atoms. The van der Waals surface area contributed by atoms with Gasteiger partial charge in [0.1, 0.15) is 12.2 Å². The van der Waals surface area contributed by atoms with Crippen molar-refractivity contribution in [2.45, 2.75) is 13.8 Å². The Kier molecular flexibility index (Phi) is 3.90. The fraction of sp³-hybridized carbons (Fsp3) is 0.385. The third-order valence-electron chi connectivity index (χ3n) is 2.99. The molecule has 1 nitrogen and oxygen atoms in total. The summed E-state index contributed by atoms with van der Waals surface area (Å²) in [5.74, 6) is 0. The SMILES string of the molecule is C=CC[N+](CC)(CC)c1ccccc1. The van der Waals surface area contributed by atoms with Crippen LogP contribution in [-0.4, -0.2) is 19.6 Å². The highest BCUT2D eigenvalue weighted by molar-refractivity contribution is 5.42. The van der Waals surface area contributed by atoms with E-state index in [2.05, 4.69) is 50.8 Å². The molecule has 0 amide bonds. The highest BCUT2D eigenvalue weighted by atomic mass is 15.3. The van der Waals surface area contributed by atoms with E-state index in [0.717, 1.165) is 24.1 Å². The molecule has 1 aromatic carbocycles. The van der Waals surface area contributed by atoms with Gasteiger partial charge in [-0.1, -0.05) is 24.8 Å². The van der Waals surface area contributed by atoms with Gasteiger partial charge in [0.2, 0.25) is 0 Å². The molecule has 0 fully saturated rings. The lowest BCUT2D eigenvalue weighted by atomic mass is 10.2. The highest BCUT2D eigenvalue weighted by Crippen LogP contribution is 2.22. The lowest BCUT2D eigenvalue weighted by Crippen LogP contribution is -2.48. The molecule has 0 aliphatic rings. The molecule has 0 bridgehead atoms. The highest BCUT2D eigenvalue weighted by Gasteiger charge is 2.23. The summed E-state index contributed by atoms with van der Waals surface area (Å²) >= 11 is 0. The van der Waals surface area contributed by atoms with Crippen LogP contribution in [0.5, 0.6) is 0 Å². The number of hydrogen-bond donors (Lipinski definition) is 0. The van der Waals surface area contributed by atoms with Crippen LogP contribution in [0.2, 0.25) is 0 Å². The summed E-state index contributed by atoms with van der Waals surface area (Å²) < 4.78 is 1.00. The van der Waals surface area contributed by atoms with Gasteiger partial charge in [-0.15, -0.1) is 0 Å². The Hall–Kier alpha value is -1.08. The van der Waals surface area contributed by atoms with Crippen molar-refractivity contribution in [3.8, 4) is 0 Å². The van der Waals surface area contributed by atoms with Crippen LogP contribution in [0.3, 0.4) is 0 Å². The largest absolute Gasteiger partial charge is 0.288 e. The summed E-state index contributed by atoms with van der Waals surface area (Å²) in [6.45, 7) is 11.6. The zero-order valence-electron chi connectivity index (χ0n) is 9.24. The van der Waals surface area contributed by atoms with Crippen molar-refractivity contribution in [3.05, 3.63) is 43.0 Å². The molecule has 0 saturated carbocycles. The van der Waals surface area contributed by atoms with E-state index in [1.807, 2.05) is 6.08 Å². The first kappa shape index (κ1) is 11.0. The number of rotatable bonds is 5. The number of nitrogens with zero attached hydrogens (tertiary/aromatic N) is 1. The first-order chi connectivity index (χ1) is 6.79. The average molecular weight is 190 g/mol. The van der Waals surface area contributed by atoms with E-state index in [-0.39, 0.29) is 0 Å². The quantitative estimate of drug-likeness (QED) is 0.494. The van der Waals surface area contributed by atoms with Gasteiger partial charge in [-0.25, -0.2) is 0 Å². The predicted octanol–water partition coefficient (Wildman–Crippen LogP) is 3.22. The standard InChI is InChI=1S/C13H20N/c1-4-12-14(5-2,6-3)13-10-8-7-9-11-13/h4,7-11H,1,5-6,12H2,2-3H3/q+1. The van der Waals surface area contributed by atoms with E-state index in [0.29, 0.717) is 0 Å². The molecule has 1 rings (SSSR count). The van der Waals surface area contributed by atoms with Crippen molar-refractivity contribution in [2.75, 3.05) is 19.6 Å². The zero-order valence-corrected chi connectivity index (χ0v) is 9.24. The summed E-state index contributed by atoms with van der Waals surface area (Å²) in [6.07, 6.45) is 2.01. The molecule has 0 radical (unpaired) electrons. The molecule has 0 aromatic heterocycles. The molecule has 0 aliphatic heterocycles. The molecule has 0 saturated heterocycles. The van der Waals surface area contributed by atoms with Crippen LogP contribution in [0.15, 0.2) is 43.0 Å². The van der Waals surface area contributed by atoms with Crippen LogP contribution in [0.1, 0.15) is 13.8 Å². The third kappa shape index (κ3) is 2.05. The summed E-state index contributed by atoms with van der Waals surface area (Å²) in [5, 5.41) is 0. The van der Waals surface area contributed by atoms with Crippen molar-refractivity contribution >= 4 is 5.69 Å². The fourth-order valence-corrected chi connectivity index (χ4v) is 1.94. The normalized spacial score (nSPS) is 11.3. The monoisotopic (exact) mass is 190 g/mol. The molecule has 1 heteroatoms. The lowest BCUT2D eigenvalue weighted by molar-refractivity contribution is 0.331. The molecule has 0 aliphatic carbocycles. The van der Waals surface area contributed by atoms with E-state index >= 15 is 0 Å². The van der Waals surface area contributed by atoms with Gasteiger partial charge >= 0.3 is 0 Å². The zero-order chi connectivity index (χ0) is 10.4. The Balaban J connectivity index is 3.03. The van der Waals surface area contributed by atoms with Crippen molar-refractivity contribution in [3.63, 3.8) is 0 Å². The van der Waals surface area contributed by atoms with Gasteiger partial charge in [0.25, 0.3) is 0 Å². The summed E-state index contributed by atoms with van der Waals surface area (Å²) in [6, 6.07) is 10.7. The van der Waals surface area contributed by atoms with Crippen molar-refractivity contribution < 1.29 is 0 Å². The molecule has 0 N–H and O–H groups in total. The Labute approximate surface area is 87.3 Å². The maximum absolute atomic E-state index is 3.85. The first-order valence-corrected chi connectivity index (χ1v) is 5.31. The van der Waals surface area contributed by atoms with E-state index in [9.17, 15) is 0 Å². The maximum Gasteiger partial charge on any atom is 0.133 e. The molecule has 76 valence electrons. The second-order valence-corrected chi connectivity index (χ2v) is 3.58. The van der Waals surface area contributed by atoms with Gasteiger partial charge in [-0.05, 0) is 32.1 Å².